The van der Waals surface area contributed by atoms with E-state index in [1.165, 1.54) is 12.1 Å². The van der Waals surface area contributed by atoms with Crippen LogP contribution in [0.25, 0.3) is 5.65 Å². The van der Waals surface area contributed by atoms with E-state index < -0.39 is 0 Å². The molecule has 0 atom stereocenters. The molecular weight excluding hydrogens is 465 g/mol. The lowest BCUT2D eigenvalue weighted by atomic mass is 10.1. The lowest BCUT2D eigenvalue weighted by Gasteiger charge is -2.36. The Hall–Kier alpha value is -3.84. The van der Waals surface area contributed by atoms with E-state index in [0.29, 0.717) is 12.1 Å². The van der Waals surface area contributed by atoms with Crippen molar-refractivity contribution in [2.24, 2.45) is 4.99 Å². The Labute approximate surface area is 217 Å². The van der Waals surface area contributed by atoms with Gasteiger partial charge < -0.3 is 4.90 Å². The number of halogens is 1. The summed E-state index contributed by atoms with van der Waals surface area (Å²) in [6.45, 7) is 10.7. The Morgan fingerprint density at radius 1 is 1.00 bits per heavy atom. The molecule has 0 N–H and O–H groups in total. The van der Waals surface area contributed by atoms with Gasteiger partial charge in [0.15, 0.2) is 0 Å². The average molecular weight is 498 g/mol. The largest absolute Gasteiger partial charge is 0.369 e. The summed E-state index contributed by atoms with van der Waals surface area (Å²) in [4.78, 5) is 26.8. The first-order valence-corrected chi connectivity index (χ1v) is 12.8. The van der Waals surface area contributed by atoms with Crippen LogP contribution in [0.1, 0.15) is 45.4 Å². The van der Waals surface area contributed by atoms with Crippen LogP contribution in [-0.2, 0) is 13.0 Å². The summed E-state index contributed by atoms with van der Waals surface area (Å²) in [7, 11) is 0. The molecule has 1 aliphatic heterocycles. The standard InChI is InChI=1S/C30H32FN5O/c1-4-27-29(36-19-22(3)21(2)17-28(36)33-27)30(37)32-18-23-7-11-26(12-8-23)35-15-13-34(14-16-35)20-24-5-9-25(31)10-6-24/h5-12,17-19H,4,13-16,20H2,1-3H3. The van der Waals surface area contributed by atoms with Gasteiger partial charge >= 0.3 is 0 Å². The van der Waals surface area contributed by atoms with E-state index in [-0.39, 0.29) is 11.7 Å². The zero-order valence-electron chi connectivity index (χ0n) is 21.6. The van der Waals surface area contributed by atoms with Gasteiger partial charge in [0.1, 0.15) is 17.2 Å². The Kier molecular flexibility index (Phi) is 7.15. The highest BCUT2D eigenvalue weighted by Gasteiger charge is 2.19. The highest BCUT2D eigenvalue weighted by molar-refractivity contribution is 6.02. The number of hydrogen-bond donors (Lipinski definition) is 0. The number of amides is 1. The molecule has 190 valence electrons. The molecule has 0 aliphatic carbocycles. The van der Waals surface area contributed by atoms with Gasteiger partial charge in [-0.25, -0.2) is 14.4 Å². The number of aromatic nitrogens is 2. The normalized spacial score (nSPS) is 14.6. The summed E-state index contributed by atoms with van der Waals surface area (Å²) in [5, 5.41) is 0. The quantitative estimate of drug-likeness (QED) is 0.342. The van der Waals surface area contributed by atoms with Gasteiger partial charge in [0.25, 0.3) is 5.91 Å². The van der Waals surface area contributed by atoms with Gasteiger partial charge in [0.05, 0.1) is 5.69 Å². The number of benzene rings is 2. The third-order valence-electron chi connectivity index (χ3n) is 7.12. The molecule has 1 saturated heterocycles. The van der Waals surface area contributed by atoms with Crippen molar-refractivity contribution in [3.8, 4) is 0 Å². The van der Waals surface area contributed by atoms with Crippen LogP contribution in [-0.4, -0.2) is 52.6 Å². The average Bonchev–Trinajstić information content (AvgIpc) is 3.27. The number of hydrogen-bond acceptors (Lipinski definition) is 4. The molecule has 0 spiro atoms. The number of piperazine rings is 1. The summed E-state index contributed by atoms with van der Waals surface area (Å²) >= 11 is 0. The number of carbonyl (C=O) groups is 1. The minimum absolute atomic E-state index is 0.197. The molecule has 1 fully saturated rings. The lowest BCUT2D eigenvalue weighted by Crippen LogP contribution is -2.45. The molecule has 1 aliphatic rings. The van der Waals surface area contributed by atoms with Crippen molar-refractivity contribution in [3.63, 3.8) is 0 Å². The van der Waals surface area contributed by atoms with E-state index >= 15 is 0 Å². The molecule has 2 aromatic carbocycles. The molecule has 6 nitrogen and oxygen atoms in total. The van der Waals surface area contributed by atoms with Gasteiger partial charge in [-0.15, -0.1) is 0 Å². The van der Waals surface area contributed by atoms with Crippen LogP contribution in [0.4, 0.5) is 10.1 Å². The summed E-state index contributed by atoms with van der Waals surface area (Å²) in [5.74, 6) is -0.480. The first-order chi connectivity index (χ1) is 17.9. The number of carbonyl (C=O) groups excluding carboxylic acids is 1. The summed E-state index contributed by atoms with van der Waals surface area (Å²) in [5.41, 5.74) is 7.51. The number of pyridine rings is 1. The van der Waals surface area contributed by atoms with Crippen molar-refractivity contribution in [1.82, 2.24) is 14.3 Å². The van der Waals surface area contributed by atoms with Crippen molar-refractivity contribution in [2.75, 3.05) is 31.1 Å². The third-order valence-corrected chi connectivity index (χ3v) is 7.12. The van der Waals surface area contributed by atoms with Crippen LogP contribution in [0.15, 0.2) is 65.8 Å². The molecule has 37 heavy (non-hydrogen) atoms. The Morgan fingerprint density at radius 2 is 1.70 bits per heavy atom. The number of aliphatic imine (C=N–C) groups is 1. The number of fused-ring (bicyclic) bond motifs is 1. The molecule has 0 bridgehead atoms. The number of nitrogens with zero attached hydrogens (tertiary/aromatic N) is 5. The summed E-state index contributed by atoms with van der Waals surface area (Å²) < 4.78 is 15.0. The second-order valence-corrected chi connectivity index (χ2v) is 9.67. The molecule has 7 heteroatoms. The Morgan fingerprint density at radius 3 is 2.38 bits per heavy atom. The van der Waals surface area contributed by atoms with Gasteiger partial charge in [-0.05, 0) is 72.9 Å². The zero-order valence-corrected chi connectivity index (χ0v) is 21.6. The van der Waals surface area contributed by atoms with Gasteiger partial charge in [-0.3, -0.25) is 14.1 Å². The second-order valence-electron chi connectivity index (χ2n) is 9.67. The highest BCUT2D eigenvalue weighted by Crippen LogP contribution is 2.20. The predicted molar refractivity (Wildman–Crippen MR) is 146 cm³/mol. The fourth-order valence-electron chi connectivity index (χ4n) is 4.78. The minimum Gasteiger partial charge on any atom is -0.369 e. The molecule has 2 aromatic heterocycles. The summed E-state index contributed by atoms with van der Waals surface area (Å²) in [6, 6.07) is 16.9. The first kappa shape index (κ1) is 24.8. The van der Waals surface area contributed by atoms with Gasteiger partial charge in [0, 0.05) is 50.8 Å². The van der Waals surface area contributed by atoms with Crippen molar-refractivity contribution in [1.29, 1.82) is 0 Å². The molecule has 0 saturated carbocycles. The Balaban J connectivity index is 1.22. The van der Waals surface area contributed by atoms with Gasteiger partial charge in [0.2, 0.25) is 0 Å². The fourth-order valence-corrected chi connectivity index (χ4v) is 4.78. The van der Waals surface area contributed by atoms with Gasteiger partial charge in [-0.2, -0.15) is 0 Å². The minimum atomic E-state index is -0.283. The SMILES string of the molecule is CCc1nc2cc(C)c(C)cn2c1C(=O)N=Cc1ccc(N2CCN(Cc3ccc(F)cc3)CC2)cc1. The van der Waals surface area contributed by atoms with E-state index in [2.05, 4.69) is 31.9 Å². The number of rotatable bonds is 6. The molecule has 4 aromatic rings. The van der Waals surface area contributed by atoms with Crippen molar-refractivity contribution < 1.29 is 9.18 Å². The maximum atomic E-state index is 13.1. The number of aryl methyl sites for hydroxylation is 3. The second kappa shape index (κ2) is 10.6. The van der Waals surface area contributed by atoms with Crippen LogP contribution < -0.4 is 4.90 Å². The van der Waals surface area contributed by atoms with E-state index in [4.69, 9.17) is 0 Å². The fraction of sp³-hybridized carbons (Fsp3) is 0.300. The van der Waals surface area contributed by atoms with Crippen molar-refractivity contribution in [3.05, 3.63) is 100 Å². The predicted octanol–water partition coefficient (Wildman–Crippen LogP) is 5.23. The first-order valence-electron chi connectivity index (χ1n) is 12.8. The number of imidazole rings is 1. The Bertz CT molecular complexity index is 1430. The molecular formula is C30H32FN5O. The summed E-state index contributed by atoms with van der Waals surface area (Å²) in [6.07, 6.45) is 4.27. The maximum Gasteiger partial charge on any atom is 0.295 e. The smallest absolute Gasteiger partial charge is 0.295 e. The van der Waals surface area contributed by atoms with Crippen molar-refractivity contribution >= 4 is 23.5 Å². The van der Waals surface area contributed by atoms with Gasteiger partial charge in [-0.1, -0.05) is 31.2 Å². The molecule has 5 rings (SSSR count). The molecule has 3 heterocycles. The molecule has 0 radical (unpaired) electrons. The topological polar surface area (TPSA) is 53.2 Å². The van der Waals surface area contributed by atoms with Crippen molar-refractivity contribution in [2.45, 2.75) is 33.7 Å². The maximum absolute atomic E-state index is 13.1. The number of anilines is 1. The monoisotopic (exact) mass is 497 g/mol. The van der Waals surface area contributed by atoms with Crippen LogP contribution in [0.5, 0.6) is 0 Å². The third kappa shape index (κ3) is 5.47. The zero-order chi connectivity index (χ0) is 25.9. The van der Waals surface area contributed by atoms with Crippen LogP contribution in [0, 0.1) is 19.7 Å². The molecule has 0 unspecified atom stereocenters. The van der Waals surface area contributed by atoms with Crippen LogP contribution in [0.2, 0.25) is 0 Å². The van der Waals surface area contributed by atoms with Crippen LogP contribution in [0.3, 0.4) is 0 Å². The van der Waals surface area contributed by atoms with E-state index in [1.54, 1.807) is 6.21 Å². The van der Waals surface area contributed by atoms with E-state index in [0.717, 1.165) is 72.0 Å². The highest BCUT2D eigenvalue weighted by atomic mass is 19.1. The van der Waals surface area contributed by atoms with E-state index in [1.807, 2.05) is 61.7 Å². The van der Waals surface area contributed by atoms with Crippen LogP contribution >= 0.6 is 0 Å². The van der Waals surface area contributed by atoms with E-state index in [9.17, 15) is 9.18 Å². The molecule has 1 amide bonds. The lowest BCUT2D eigenvalue weighted by molar-refractivity contribution is 0.0997.